The molecule has 0 radical (unpaired) electrons. The van der Waals surface area contributed by atoms with Gasteiger partial charge in [-0.25, -0.2) is 4.98 Å². The lowest BCUT2D eigenvalue weighted by Crippen LogP contribution is -2.31. The summed E-state index contributed by atoms with van der Waals surface area (Å²) in [4.78, 5) is 4.41. The Hall–Kier alpha value is -0.490. The molecule has 1 aromatic heterocycles. The molecule has 0 aliphatic carbocycles. The van der Waals surface area contributed by atoms with Crippen molar-refractivity contribution < 1.29 is 9.84 Å². The third-order valence-corrected chi connectivity index (χ3v) is 3.08. The molecular weight excluding hydrogens is 224 g/mol. The van der Waals surface area contributed by atoms with E-state index in [0.29, 0.717) is 6.61 Å². The maximum absolute atomic E-state index is 9.10. The second-order valence-electron chi connectivity index (χ2n) is 4.59. The zero-order chi connectivity index (χ0) is 12.0. The van der Waals surface area contributed by atoms with Crippen molar-refractivity contribution in [1.29, 1.82) is 0 Å². The van der Waals surface area contributed by atoms with Crippen LogP contribution >= 0.6 is 11.3 Å². The van der Waals surface area contributed by atoms with Gasteiger partial charge in [-0.3, -0.25) is 0 Å². The highest BCUT2D eigenvalue weighted by atomic mass is 32.1. The van der Waals surface area contributed by atoms with Gasteiger partial charge in [-0.2, -0.15) is 0 Å². The van der Waals surface area contributed by atoms with Crippen molar-refractivity contribution in [3.8, 4) is 0 Å². The highest BCUT2D eigenvalue weighted by Crippen LogP contribution is 2.13. The van der Waals surface area contributed by atoms with Gasteiger partial charge in [0, 0.05) is 37.6 Å². The van der Waals surface area contributed by atoms with Gasteiger partial charge in [0.2, 0.25) is 0 Å². The molecule has 1 rings (SSSR count). The third-order valence-electron chi connectivity index (χ3n) is 2.20. The van der Waals surface area contributed by atoms with Crippen LogP contribution in [0.25, 0.3) is 0 Å². The van der Waals surface area contributed by atoms with Crippen molar-refractivity contribution >= 4 is 11.3 Å². The van der Waals surface area contributed by atoms with E-state index in [4.69, 9.17) is 9.84 Å². The van der Waals surface area contributed by atoms with Gasteiger partial charge in [0.15, 0.2) is 0 Å². The Kier molecular flexibility index (Phi) is 5.34. The molecule has 1 heterocycles. The van der Waals surface area contributed by atoms with E-state index in [-0.39, 0.29) is 12.0 Å². The zero-order valence-electron chi connectivity index (χ0n) is 10.1. The first kappa shape index (κ1) is 13.6. The minimum atomic E-state index is -0.0780. The first-order valence-corrected chi connectivity index (χ1v) is 6.19. The fourth-order valence-electron chi connectivity index (χ4n) is 1.20. The van der Waals surface area contributed by atoms with Crippen molar-refractivity contribution in [2.75, 3.05) is 20.3 Å². The quantitative estimate of drug-likeness (QED) is 0.761. The largest absolute Gasteiger partial charge is 0.396 e. The summed E-state index contributed by atoms with van der Waals surface area (Å²) in [5.74, 6) is 0. The normalized spacial score (nSPS) is 12.0. The van der Waals surface area contributed by atoms with Crippen LogP contribution in [0.15, 0.2) is 5.38 Å². The number of methoxy groups -OCH3 is 1. The topological polar surface area (TPSA) is 54.4 Å². The second-order valence-corrected chi connectivity index (χ2v) is 5.53. The number of ether oxygens (including phenoxy) is 1. The summed E-state index contributed by atoms with van der Waals surface area (Å²) < 4.78 is 5.01. The van der Waals surface area contributed by atoms with Crippen LogP contribution in [-0.4, -0.2) is 30.4 Å². The van der Waals surface area contributed by atoms with Crippen LogP contribution in [0.2, 0.25) is 0 Å². The lowest BCUT2D eigenvalue weighted by Gasteiger charge is -2.21. The van der Waals surface area contributed by atoms with E-state index >= 15 is 0 Å². The number of nitrogens with zero attached hydrogens (tertiary/aromatic N) is 1. The summed E-state index contributed by atoms with van der Waals surface area (Å²) in [5.41, 5.74) is 0.955. The maximum Gasteiger partial charge on any atom is 0.119 e. The van der Waals surface area contributed by atoms with Gasteiger partial charge >= 0.3 is 0 Å². The van der Waals surface area contributed by atoms with Crippen molar-refractivity contribution in [1.82, 2.24) is 10.3 Å². The van der Waals surface area contributed by atoms with Gasteiger partial charge in [0.1, 0.15) is 5.01 Å². The molecule has 5 heteroatoms. The van der Waals surface area contributed by atoms with Crippen molar-refractivity contribution in [3.05, 3.63) is 16.1 Å². The van der Waals surface area contributed by atoms with E-state index in [1.54, 1.807) is 18.4 Å². The molecule has 0 fully saturated rings. The van der Waals surface area contributed by atoms with Gasteiger partial charge in [0.05, 0.1) is 12.3 Å². The molecule has 1 aromatic rings. The molecule has 2 N–H and O–H groups in total. The van der Waals surface area contributed by atoms with Crippen LogP contribution < -0.4 is 5.32 Å². The Morgan fingerprint density at radius 3 is 2.94 bits per heavy atom. The molecule has 0 atom stereocenters. The number of aromatic nitrogens is 1. The molecule has 4 nitrogen and oxygen atoms in total. The van der Waals surface area contributed by atoms with Crippen LogP contribution in [-0.2, 0) is 17.9 Å². The predicted molar refractivity (Wildman–Crippen MR) is 65.4 cm³/mol. The minimum Gasteiger partial charge on any atom is -0.396 e. The molecule has 0 aliphatic heterocycles. The lowest BCUT2D eigenvalue weighted by molar-refractivity contribution is 0.156. The number of hydrogen-bond donors (Lipinski definition) is 2. The van der Waals surface area contributed by atoms with Crippen molar-refractivity contribution in [2.45, 2.75) is 27.0 Å². The molecule has 0 aromatic carbocycles. The van der Waals surface area contributed by atoms with Gasteiger partial charge in [-0.15, -0.1) is 11.3 Å². The Morgan fingerprint density at radius 1 is 1.56 bits per heavy atom. The number of aliphatic hydroxyl groups is 1. The first-order chi connectivity index (χ1) is 7.57. The fraction of sp³-hybridized carbons (Fsp3) is 0.727. The van der Waals surface area contributed by atoms with Crippen molar-refractivity contribution in [3.63, 3.8) is 0 Å². The summed E-state index contributed by atoms with van der Waals surface area (Å²) in [7, 11) is 1.67. The molecule has 0 amide bonds. The average molecular weight is 244 g/mol. The summed E-state index contributed by atoms with van der Waals surface area (Å²) in [6.45, 7) is 6.33. The van der Waals surface area contributed by atoms with Crippen LogP contribution in [0.3, 0.4) is 0 Å². The Bertz CT molecular complexity index is 313. The van der Waals surface area contributed by atoms with E-state index in [0.717, 1.165) is 23.8 Å². The number of thiazole rings is 1. The molecule has 0 aliphatic rings. The fourth-order valence-corrected chi connectivity index (χ4v) is 1.97. The number of aliphatic hydroxyl groups excluding tert-OH is 1. The lowest BCUT2D eigenvalue weighted by atomic mass is 9.95. The van der Waals surface area contributed by atoms with Gasteiger partial charge in [-0.1, -0.05) is 13.8 Å². The monoisotopic (exact) mass is 244 g/mol. The zero-order valence-corrected chi connectivity index (χ0v) is 10.9. The number of rotatable bonds is 7. The van der Waals surface area contributed by atoms with E-state index in [9.17, 15) is 0 Å². The summed E-state index contributed by atoms with van der Waals surface area (Å²) >= 11 is 1.61. The summed E-state index contributed by atoms with van der Waals surface area (Å²) in [6, 6.07) is 0. The molecule has 0 saturated carbocycles. The minimum absolute atomic E-state index is 0.0780. The molecule has 0 unspecified atom stereocenters. The van der Waals surface area contributed by atoms with Gasteiger partial charge in [0.25, 0.3) is 0 Å². The Labute approximate surface area is 101 Å². The Balaban J connectivity index is 2.31. The van der Waals surface area contributed by atoms with Crippen LogP contribution in [0.5, 0.6) is 0 Å². The SMILES string of the molecule is COCc1nc(CNCC(C)(C)CO)cs1. The number of nitrogens with one attached hydrogen (secondary N) is 1. The highest BCUT2D eigenvalue weighted by Gasteiger charge is 2.15. The summed E-state index contributed by atoms with van der Waals surface area (Å²) in [6.07, 6.45) is 0. The molecule has 0 bridgehead atoms. The molecule has 0 saturated heterocycles. The smallest absolute Gasteiger partial charge is 0.119 e. The van der Waals surface area contributed by atoms with Gasteiger partial charge in [-0.05, 0) is 0 Å². The molecular formula is C11H20N2O2S. The molecule has 92 valence electrons. The second kappa shape index (κ2) is 6.30. The molecule has 0 spiro atoms. The van der Waals surface area contributed by atoms with E-state index < -0.39 is 0 Å². The van der Waals surface area contributed by atoms with E-state index in [2.05, 4.69) is 10.3 Å². The van der Waals surface area contributed by atoms with Crippen LogP contribution in [0.1, 0.15) is 24.5 Å². The van der Waals surface area contributed by atoms with E-state index in [1.165, 1.54) is 0 Å². The summed E-state index contributed by atoms with van der Waals surface area (Å²) in [5, 5.41) is 15.4. The van der Waals surface area contributed by atoms with E-state index in [1.807, 2.05) is 19.2 Å². The number of hydrogen-bond acceptors (Lipinski definition) is 5. The van der Waals surface area contributed by atoms with Crippen molar-refractivity contribution in [2.24, 2.45) is 5.41 Å². The molecule has 16 heavy (non-hydrogen) atoms. The van der Waals surface area contributed by atoms with Crippen LogP contribution in [0, 0.1) is 5.41 Å². The third kappa shape index (κ3) is 4.57. The Morgan fingerprint density at radius 2 is 2.31 bits per heavy atom. The standard InChI is InChI=1S/C11H20N2O2S/c1-11(2,8-14)7-12-4-9-6-16-10(13-9)5-15-3/h6,12,14H,4-5,7-8H2,1-3H3. The first-order valence-electron chi connectivity index (χ1n) is 5.31. The average Bonchev–Trinajstić information content (AvgIpc) is 2.66. The predicted octanol–water partition coefficient (Wildman–Crippen LogP) is 1.40. The van der Waals surface area contributed by atoms with Crippen LogP contribution in [0.4, 0.5) is 0 Å². The highest BCUT2D eigenvalue weighted by molar-refractivity contribution is 7.09. The maximum atomic E-state index is 9.10. The van der Waals surface area contributed by atoms with Gasteiger partial charge < -0.3 is 15.2 Å².